The Labute approximate surface area is 126 Å². The van der Waals surface area contributed by atoms with E-state index in [4.69, 9.17) is 0 Å². The van der Waals surface area contributed by atoms with Crippen LogP contribution < -0.4 is 5.43 Å². The summed E-state index contributed by atoms with van der Waals surface area (Å²) >= 11 is 0. The minimum Gasteiger partial charge on any atom is -0.507 e. The predicted octanol–water partition coefficient (Wildman–Crippen LogP) is 1.64. The fourth-order valence-electron chi connectivity index (χ4n) is 2.28. The first kappa shape index (κ1) is 13.8. The summed E-state index contributed by atoms with van der Waals surface area (Å²) < 4.78 is 0. The van der Waals surface area contributed by atoms with E-state index in [1.165, 1.54) is 12.1 Å². The van der Waals surface area contributed by atoms with Crippen LogP contribution in [0.1, 0.15) is 36.6 Å². The third-order valence-corrected chi connectivity index (χ3v) is 3.40. The van der Waals surface area contributed by atoms with E-state index in [0.29, 0.717) is 5.01 Å². The number of hydrazine groups is 1. The molecule has 22 heavy (non-hydrogen) atoms. The summed E-state index contributed by atoms with van der Waals surface area (Å²) in [6.45, 7) is 1.81. The Hall–Kier alpha value is -3.15. The van der Waals surface area contributed by atoms with Crippen molar-refractivity contribution in [2.75, 3.05) is 0 Å². The molecule has 110 valence electrons. The third-order valence-electron chi connectivity index (χ3n) is 3.40. The van der Waals surface area contributed by atoms with Crippen LogP contribution in [0, 0.1) is 6.92 Å². The number of carbonyl (C=O) groups excluding carboxylic acids is 3. The summed E-state index contributed by atoms with van der Waals surface area (Å²) in [4.78, 5) is 36.6. The number of imide groups is 1. The van der Waals surface area contributed by atoms with Gasteiger partial charge in [0.15, 0.2) is 0 Å². The van der Waals surface area contributed by atoms with Crippen LogP contribution in [-0.2, 0) is 0 Å². The number of phenols is 1. The Bertz CT molecular complexity index is 814. The molecule has 2 N–H and O–H groups in total. The first-order valence-electron chi connectivity index (χ1n) is 6.57. The SMILES string of the molecule is Cc1ccc2c(c1)C(=O)N(NC(=O)c1ccccc1O)C2=O. The van der Waals surface area contributed by atoms with E-state index in [0.717, 1.165) is 5.56 Å². The zero-order valence-electron chi connectivity index (χ0n) is 11.7. The van der Waals surface area contributed by atoms with Gasteiger partial charge in [-0.25, -0.2) is 0 Å². The first-order valence-corrected chi connectivity index (χ1v) is 6.57. The van der Waals surface area contributed by atoms with Crippen LogP contribution >= 0.6 is 0 Å². The van der Waals surface area contributed by atoms with E-state index in [1.54, 1.807) is 37.3 Å². The second-order valence-electron chi connectivity index (χ2n) is 4.95. The normalized spacial score (nSPS) is 13.2. The van der Waals surface area contributed by atoms with E-state index >= 15 is 0 Å². The van der Waals surface area contributed by atoms with Crippen molar-refractivity contribution in [3.63, 3.8) is 0 Å². The van der Waals surface area contributed by atoms with Gasteiger partial charge in [-0.1, -0.05) is 23.8 Å². The number of aromatic hydroxyl groups is 1. The van der Waals surface area contributed by atoms with Gasteiger partial charge in [-0.3, -0.25) is 19.8 Å². The molecule has 0 spiro atoms. The Balaban J connectivity index is 1.89. The molecule has 1 aliphatic rings. The molecule has 0 fully saturated rings. The van der Waals surface area contributed by atoms with Gasteiger partial charge >= 0.3 is 0 Å². The molecule has 6 heteroatoms. The average Bonchev–Trinajstić information content (AvgIpc) is 2.72. The fraction of sp³-hybridized carbons (Fsp3) is 0.0625. The van der Waals surface area contributed by atoms with Gasteiger partial charge in [0.2, 0.25) is 0 Å². The summed E-state index contributed by atoms with van der Waals surface area (Å²) in [5, 5.41) is 10.3. The van der Waals surface area contributed by atoms with Crippen LogP contribution in [0.4, 0.5) is 0 Å². The van der Waals surface area contributed by atoms with Crippen LogP contribution in [-0.4, -0.2) is 27.8 Å². The molecule has 1 aliphatic heterocycles. The van der Waals surface area contributed by atoms with Gasteiger partial charge in [0, 0.05) is 0 Å². The highest BCUT2D eigenvalue weighted by Gasteiger charge is 2.37. The number of benzene rings is 2. The maximum Gasteiger partial charge on any atom is 0.280 e. The third kappa shape index (κ3) is 2.10. The van der Waals surface area contributed by atoms with Crippen molar-refractivity contribution in [2.45, 2.75) is 6.92 Å². The van der Waals surface area contributed by atoms with Crippen molar-refractivity contribution in [3.8, 4) is 5.75 Å². The Kier molecular flexibility index (Phi) is 3.14. The fourth-order valence-corrected chi connectivity index (χ4v) is 2.28. The summed E-state index contributed by atoms with van der Waals surface area (Å²) in [5.74, 6) is -2.15. The van der Waals surface area contributed by atoms with E-state index in [2.05, 4.69) is 5.43 Å². The molecule has 0 atom stereocenters. The number of fused-ring (bicyclic) bond motifs is 1. The average molecular weight is 296 g/mol. The van der Waals surface area contributed by atoms with Gasteiger partial charge in [0.1, 0.15) is 5.75 Å². The highest BCUT2D eigenvalue weighted by atomic mass is 16.3. The first-order chi connectivity index (χ1) is 10.5. The minimum absolute atomic E-state index is 0.0183. The lowest BCUT2D eigenvalue weighted by atomic mass is 10.1. The summed E-state index contributed by atoms with van der Waals surface area (Å²) in [5.41, 5.74) is 3.56. The number of phenolic OH excluding ortho intramolecular Hbond substituents is 1. The lowest BCUT2D eigenvalue weighted by Gasteiger charge is -2.15. The number of carbonyl (C=O) groups is 3. The Morgan fingerprint density at radius 2 is 1.73 bits per heavy atom. The van der Waals surface area contributed by atoms with Crippen molar-refractivity contribution in [1.29, 1.82) is 0 Å². The van der Waals surface area contributed by atoms with E-state index in [9.17, 15) is 19.5 Å². The molecular weight excluding hydrogens is 284 g/mol. The molecule has 0 unspecified atom stereocenters. The monoisotopic (exact) mass is 296 g/mol. The molecule has 0 saturated carbocycles. The smallest absolute Gasteiger partial charge is 0.280 e. The van der Waals surface area contributed by atoms with E-state index in [1.807, 2.05) is 0 Å². The van der Waals surface area contributed by atoms with Gasteiger partial charge in [0.25, 0.3) is 17.7 Å². The number of nitrogens with one attached hydrogen (secondary N) is 1. The second kappa shape index (κ2) is 5.00. The number of aryl methyl sites for hydroxylation is 1. The molecule has 0 radical (unpaired) electrons. The molecule has 3 amide bonds. The van der Waals surface area contributed by atoms with Crippen LogP contribution in [0.5, 0.6) is 5.75 Å². The maximum absolute atomic E-state index is 12.2. The standard InChI is InChI=1S/C16H12N2O4/c1-9-6-7-10-12(8-9)16(22)18(15(10)21)17-14(20)11-4-2-3-5-13(11)19/h2-8,19H,1H3,(H,17,20). The molecular formula is C16H12N2O4. The number of nitrogens with zero attached hydrogens (tertiary/aromatic N) is 1. The minimum atomic E-state index is -0.732. The number of hydrogen-bond donors (Lipinski definition) is 2. The Morgan fingerprint density at radius 1 is 1.05 bits per heavy atom. The number of hydrogen-bond acceptors (Lipinski definition) is 4. The molecule has 1 heterocycles. The highest BCUT2D eigenvalue weighted by molar-refractivity contribution is 6.22. The number of amides is 3. The quantitative estimate of drug-likeness (QED) is 0.825. The summed E-state index contributed by atoms with van der Waals surface area (Å²) in [7, 11) is 0. The summed E-state index contributed by atoms with van der Waals surface area (Å²) in [6.07, 6.45) is 0. The van der Waals surface area contributed by atoms with Crippen LogP contribution in [0.2, 0.25) is 0 Å². The molecule has 0 bridgehead atoms. The van der Waals surface area contributed by atoms with Crippen molar-refractivity contribution >= 4 is 17.7 Å². The Morgan fingerprint density at radius 3 is 2.45 bits per heavy atom. The van der Waals surface area contributed by atoms with Crippen LogP contribution in [0.25, 0.3) is 0 Å². The molecule has 6 nitrogen and oxygen atoms in total. The van der Waals surface area contributed by atoms with Crippen molar-refractivity contribution < 1.29 is 19.5 Å². The number of rotatable bonds is 2. The maximum atomic E-state index is 12.2. The van der Waals surface area contributed by atoms with E-state index < -0.39 is 17.7 Å². The second-order valence-corrected chi connectivity index (χ2v) is 4.95. The largest absolute Gasteiger partial charge is 0.507 e. The van der Waals surface area contributed by atoms with Crippen molar-refractivity contribution in [3.05, 3.63) is 64.7 Å². The van der Waals surface area contributed by atoms with Crippen molar-refractivity contribution in [1.82, 2.24) is 10.4 Å². The zero-order valence-corrected chi connectivity index (χ0v) is 11.7. The van der Waals surface area contributed by atoms with Gasteiger partial charge < -0.3 is 5.11 Å². The van der Waals surface area contributed by atoms with Crippen LogP contribution in [0.3, 0.4) is 0 Å². The topological polar surface area (TPSA) is 86.7 Å². The van der Waals surface area contributed by atoms with Gasteiger partial charge in [0.05, 0.1) is 16.7 Å². The molecule has 2 aromatic carbocycles. The molecule has 0 saturated heterocycles. The lowest BCUT2D eigenvalue weighted by molar-refractivity contribution is 0.0517. The molecule has 2 aromatic rings. The van der Waals surface area contributed by atoms with E-state index in [-0.39, 0.29) is 22.4 Å². The lowest BCUT2D eigenvalue weighted by Crippen LogP contribution is -2.45. The molecule has 0 aromatic heterocycles. The van der Waals surface area contributed by atoms with Crippen LogP contribution in [0.15, 0.2) is 42.5 Å². The highest BCUT2D eigenvalue weighted by Crippen LogP contribution is 2.23. The molecule has 0 aliphatic carbocycles. The van der Waals surface area contributed by atoms with Crippen molar-refractivity contribution in [2.24, 2.45) is 0 Å². The van der Waals surface area contributed by atoms with Gasteiger partial charge in [-0.05, 0) is 31.2 Å². The van der Waals surface area contributed by atoms with Gasteiger partial charge in [-0.15, -0.1) is 0 Å². The molecule has 3 rings (SSSR count). The predicted molar refractivity (Wildman–Crippen MR) is 77.3 cm³/mol. The van der Waals surface area contributed by atoms with Gasteiger partial charge in [-0.2, -0.15) is 5.01 Å². The zero-order chi connectivity index (χ0) is 15.9. The summed E-state index contributed by atoms with van der Waals surface area (Å²) in [6, 6.07) is 10.8. The number of para-hydroxylation sites is 1.